The number of rotatable bonds is 4. The zero-order valence-electron chi connectivity index (χ0n) is 14.2. The standard InChI is InChI=1S/C17H19ClN6O/c1-9(12-4-6-13(18)7-5-12)20-15(25)8-14-10(2)21-17-22-16(19)23-24(17)11(14)3/h4-7,9H,8H2,1-3H3,(H2,19,23)(H,20,25). The van der Waals surface area contributed by atoms with Crippen molar-refractivity contribution >= 4 is 29.2 Å². The van der Waals surface area contributed by atoms with Gasteiger partial charge in [-0.15, -0.1) is 5.10 Å². The molecule has 0 spiro atoms. The van der Waals surface area contributed by atoms with Gasteiger partial charge in [-0.25, -0.2) is 4.98 Å². The number of hydrogen-bond acceptors (Lipinski definition) is 5. The summed E-state index contributed by atoms with van der Waals surface area (Å²) in [6.07, 6.45) is 0.207. The molecule has 0 saturated carbocycles. The molecule has 0 aliphatic heterocycles. The van der Waals surface area contributed by atoms with Crippen LogP contribution in [0.25, 0.3) is 5.78 Å². The van der Waals surface area contributed by atoms with E-state index >= 15 is 0 Å². The molecule has 1 unspecified atom stereocenters. The first kappa shape index (κ1) is 17.2. The average Bonchev–Trinajstić information content (AvgIpc) is 2.92. The quantitative estimate of drug-likeness (QED) is 0.746. The number of aryl methyl sites for hydroxylation is 2. The molecule has 0 radical (unpaired) electrons. The number of halogens is 1. The van der Waals surface area contributed by atoms with Gasteiger partial charge in [0, 0.05) is 22.0 Å². The molecule has 3 aromatic rings. The number of anilines is 1. The third-order valence-electron chi connectivity index (χ3n) is 4.15. The molecule has 25 heavy (non-hydrogen) atoms. The number of nitrogen functional groups attached to an aromatic ring is 1. The van der Waals surface area contributed by atoms with Crippen LogP contribution in [-0.2, 0) is 11.2 Å². The van der Waals surface area contributed by atoms with Crippen LogP contribution in [-0.4, -0.2) is 25.5 Å². The summed E-state index contributed by atoms with van der Waals surface area (Å²) in [5.41, 5.74) is 8.99. The number of nitrogens with two attached hydrogens (primary N) is 1. The van der Waals surface area contributed by atoms with Crippen LogP contribution in [0.5, 0.6) is 0 Å². The fourth-order valence-electron chi connectivity index (χ4n) is 2.77. The summed E-state index contributed by atoms with van der Waals surface area (Å²) in [6, 6.07) is 7.29. The Morgan fingerprint density at radius 1 is 1.28 bits per heavy atom. The monoisotopic (exact) mass is 358 g/mol. The summed E-state index contributed by atoms with van der Waals surface area (Å²) in [6.45, 7) is 5.66. The third-order valence-corrected chi connectivity index (χ3v) is 4.40. The van der Waals surface area contributed by atoms with Crippen molar-refractivity contribution in [1.82, 2.24) is 24.9 Å². The SMILES string of the molecule is Cc1nc2nc(N)nn2c(C)c1CC(=O)NC(C)c1ccc(Cl)cc1. The van der Waals surface area contributed by atoms with E-state index < -0.39 is 0 Å². The molecule has 2 heterocycles. The van der Waals surface area contributed by atoms with E-state index in [1.165, 1.54) is 0 Å². The van der Waals surface area contributed by atoms with E-state index in [9.17, 15) is 4.79 Å². The number of hydrogen-bond donors (Lipinski definition) is 2. The number of aromatic nitrogens is 4. The van der Waals surface area contributed by atoms with Gasteiger partial charge in [-0.1, -0.05) is 23.7 Å². The summed E-state index contributed by atoms with van der Waals surface area (Å²) in [4.78, 5) is 20.9. The number of benzene rings is 1. The molecular weight excluding hydrogens is 340 g/mol. The lowest BCUT2D eigenvalue weighted by Gasteiger charge is -2.16. The second-order valence-corrected chi connectivity index (χ2v) is 6.40. The molecule has 0 aliphatic carbocycles. The van der Waals surface area contributed by atoms with Gasteiger partial charge in [-0.2, -0.15) is 9.50 Å². The number of nitrogens with zero attached hydrogens (tertiary/aromatic N) is 4. The maximum atomic E-state index is 12.5. The summed E-state index contributed by atoms with van der Waals surface area (Å²) in [7, 11) is 0. The van der Waals surface area contributed by atoms with Gasteiger partial charge in [0.05, 0.1) is 12.5 Å². The minimum absolute atomic E-state index is 0.0945. The highest BCUT2D eigenvalue weighted by atomic mass is 35.5. The van der Waals surface area contributed by atoms with Crippen LogP contribution in [0.2, 0.25) is 5.02 Å². The van der Waals surface area contributed by atoms with E-state index in [2.05, 4.69) is 20.4 Å². The van der Waals surface area contributed by atoms with Crippen molar-refractivity contribution in [3.8, 4) is 0 Å². The molecule has 1 atom stereocenters. The first-order chi connectivity index (χ1) is 11.8. The van der Waals surface area contributed by atoms with Crippen LogP contribution in [0.3, 0.4) is 0 Å². The molecule has 3 rings (SSSR count). The van der Waals surface area contributed by atoms with E-state index in [0.29, 0.717) is 10.8 Å². The van der Waals surface area contributed by atoms with E-state index in [4.69, 9.17) is 17.3 Å². The minimum Gasteiger partial charge on any atom is -0.366 e. The maximum Gasteiger partial charge on any atom is 0.254 e. The predicted molar refractivity (Wildman–Crippen MR) is 96.4 cm³/mol. The van der Waals surface area contributed by atoms with Crippen molar-refractivity contribution in [2.75, 3.05) is 5.73 Å². The van der Waals surface area contributed by atoms with Gasteiger partial charge in [0.25, 0.3) is 5.78 Å². The molecule has 1 amide bonds. The molecule has 8 heteroatoms. The topological polar surface area (TPSA) is 98.2 Å². The molecule has 0 aliphatic rings. The molecule has 0 saturated heterocycles. The van der Waals surface area contributed by atoms with Crippen LogP contribution in [0.1, 0.15) is 35.5 Å². The molecule has 0 fully saturated rings. The Kier molecular flexibility index (Phi) is 4.59. The van der Waals surface area contributed by atoms with Crippen LogP contribution >= 0.6 is 11.6 Å². The molecule has 0 bridgehead atoms. The smallest absolute Gasteiger partial charge is 0.254 e. The van der Waals surface area contributed by atoms with Crippen molar-refractivity contribution in [2.45, 2.75) is 33.2 Å². The fraction of sp³-hybridized carbons (Fsp3) is 0.294. The lowest BCUT2D eigenvalue weighted by Crippen LogP contribution is -2.29. The highest BCUT2D eigenvalue weighted by molar-refractivity contribution is 6.30. The van der Waals surface area contributed by atoms with E-state index in [-0.39, 0.29) is 24.3 Å². The Balaban J connectivity index is 1.78. The molecular formula is C17H19ClN6O. The minimum atomic E-state index is -0.121. The largest absolute Gasteiger partial charge is 0.366 e. The molecule has 1 aromatic carbocycles. The van der Waals surface area contributed by atoms with Crippen molar-refractivity contribution in [1.29, 1.82) is 0 Å². The van der Waals surface area contributed by atoms with Crippen molar-refractivity contribution < 1.29 is 4.79 Å². The highest BCUT2D eigenvalue weighted by Crippen LogP contribution is 2.18. The summed E-state index contributed by atoms with van der Waals surface area (Å²) >= 11 is 5.90. The number of amides is 1. The van der Waals surface area contributed by atoms with Crippen LogP contribution in [0.15, 0.2) is 24.3 Å². The summed E-state index contributed by atoms with van der Waals surface area (Å²) in [5, 5.41) is 7.77. The molecule has 3 N–H and O–H groups in total. The summed E-state index contributed by atoms with van der Waals surface area (Å²) in [5.74, 6) is 0.502. The fourth-order valence-corrected chi connectivity index (χ4v) is 2.89. The van der Waals surface area contributed by atoms with Crippen molar-refractivity contribution in [3.63, 3.8) is 0 Å². The van der Waals surface area contributed by atoms with Gasteiger partial charge in [-0.05, 0) is 38.5 Å². The second kappa shape index (κ2) is 6.68. The first-order valence-corrected chi connectivity index (χ1v) is 8.26. The lowest BCUT2D eigenvalue weighted by atomic mass is 10.1. The zero-order valence-corrected chi connectivity index (χ0v) is 15.0. The van der Waals surface area contributed by atoms with Gasteiger partial charge in [-0.3, -0.25) is 4.79 Å². The van der Waals surface area contributed by atoms with Crippen LogP contribution < -0.4 is 11.1 Å². The van der Waals surface area contributed by atoms with Crippen LogP contribution in [0.4, 0.5) is 5.95 Å². The number of nitrogens with one attached hydrogen (secondary N) is 1. The molecule has 2 aromatic heterocycles. The Hall–Kier alpha value is -2.67. The Labute approximate surface area is 150 Å². The molecule has 130 valence electrons. The average molecular weight is 359 g/mol. The van der Waals surface area contributed by atoms with Gasteiger partial charge in [0.1, 0.15) is 0 Å². The van der Waals surface area contributed by atoms with E-state index in [0.717, 1.165) is 22.5 Å². The van der Waals surface area contributed by atoms with Gasteiger partial charge < -0.3 is 11.1 Å². The van der Waals surface area contributed by atoms with Crippen LogP contribution in [0, 0.1) is 13.8 Å². The highest BCUT2D eigenvalue weighted by Gasteiger charge is 2.17. The second-order valence-electron chi connectivity index (χ2n) is 5.96. The summed E-state index contributed by atoms with van der Waals surface area (Å²) < 4.78 is 1.56. The molecule has 7 nitrogen and oxygen atoms in total. The third kappa shape index (κ3) is 3.56. The Bertz CT molecular complexity index is 934. The number of carbonyl (C=O) groups excluding carboxylic acids is 1. The Morgan fingerprint density at radius 3 is 2.64 bits per heavy atom. The van der Waals surface area contributed by atoms with Gasteiger partial charge in [0.2, 0.25) is 11.9 Å². The van der Waals surface area contributed by atoms with Gasteiger partial charge >= 0.3 is 0 Å². The zero-order chi connectivity index (χ0) is 18.1. The number of carbonyl (C=O) groups is 1. The number of fused-ring (bicyclic) bond motifs is 1. The lowest BCUT2D eigenvalue weighted by molar-refractivity contribution is -0.121. The predicted octanol–water partition coefficient (Wildman–Crippen LogP) is 2.40. The van der Waals surface area contributed by atoms with Gasteiger partial charge in [0.15, 0.2) is 0 Å². The first-order valence-electron chi connectivity index (χ1n) is 7.88. The van der Waals surface area contributed by atoms with Crippen molar-refractivity contribution in [3.05, 3.63) is 51.8 Å². The van der Waals surface area contributed by atoms with Crippen molar-refractivity contribution in [2.24, 2.45) is 0 Å². The van der Waals surface area contributed by atoms with E-state index in [1.54, 1.807) is 16.6 Å². The van der Waals surface area contributed by atoms with E-state index in [1.807, 2.05) is 32.9 Å². The normalized spacial score (nSPS) is 12.3. The Morgan fingerprint density at radius 2 is 1.96 bits per heavy atom. The maximum absolute atomic E-state index is 12.5.